The predicted octanol–water partition coefficient (Wildman–Crippen LogP) is 2.77. The molecule has 0 aliphatic rings. The third-order valence-electron chi connectivity index (χ3n) is 2.89. The van der Waals surface area contributed by atoms with Gasteiger partial charge in [0.1, 0.15) is 12.4 Å². The van der Waals surface area contributed by atoms with Crippen molar-refractivity contribution in [3.05, 3.63) is 40.1 Å². The van der Waals surface area contributed by atoms with Gasteiger partial charge in [-0.3, -0.25) is 0 Å². The van der Waals surface area contributed by atoms with Gasteiger partial charge in [-0.2, -0.15) is 0 Å². The fourth-order valence-electron chi connectivity index (χ4n) is 1.97. The van der Waals surface area contributed by atoms with Crippen molar-refractivity contribution in [1.29, 1.82) is 0 Å². The van der Waals surface area contributed by atoms with Crippen molar-refractivity contribution >= 4 is 21.9 Å². The van der Waals surface area contributed by atoms with Crippen molar-refractivity contribution in [3.8, 4) is 5.75 Å². The minimum atomic E-state index is -1.04. The van der Waals surface area contributed by atoms with Gasteiger partial charge in [0, 0.05) is 4.47 Å². The van der Waals surface area contributed by atoms with Crippen molar-refractivity contribution < 1.29 is 14.6 Å². The largest absolute Gasteiger partial charge is 0.492 e. The highest BCUT2D eigenvalue weighted by Crippen LogP contribution is 2.17. The van der Waals surface area contributed by atoms with Crippen LogP contribution >= 0.6 is 15.9 Å². The first-order valence-corrected chi connectivity index (χ1v) is 7.45. The lowest BCUT2D eigenvalue weighted by Crippen LogP contribution is -2.13. The quantitative estimate of drug-likeness (QED) is 0.827. The number of carboxylic acid groups (broad SMARTS) is 1. The molecule has 0 aliphatic carbocycles. The number of hydrogen-bond donors (Lipinski definition) is 1. The molecule has 0 bridgehead atoms. The average molecular weight is 354 g/mol. The molecule has 2 rings (SSSR count). The smallest absolute Gasteiger partial charge is 0.358 e. The van der Waals surface area contributed by atoms with Gasteiger partial charge in [0.05, 0.1) is 12.2 Å². The van der Waals surface area contributed by atoms with Crippen LogP contribution in [-0.4, -0.2) is 32.7 Å². The highest BCUT2D eigenvalue weighted by atomic mass is 79.9. The summed E-state index contributed by atoms with van der Waals surface area (Å²) in [7, 11) is 0. The number of aromatic nitrogens is 3. The van der Waals surface area contributed by atoms with E-state index < -0.39 is 5.97 Å². The maximum Gasteiger partial charge on any atom is 0.358 e. The molecule has 112 valence electrons. The topological polar surface area (TPSA) is 77.2 Å². The van der Waals surface area contributed by atoms with Crippen molar-refractivity contribution in [2.75, 3.05) is 6.61 Å². The van der Waals surface area contributed by atoms with Crippen LogP contribution < -0.4 is 4.74 Å². The maximum atomic E-state index is 11.1. The molecule has 1 aromatic heterocycles. The Morgan fingerprint density at radius 3 is 2.95 bits per heavy atom. The third kappa shape index (κ3) is 4.04. The van der Waals surface area contributed by atoms with Crippen molar-refractivity contribution in [1.82, 2.24) is 15.0 Å². The molecule has 2 aromatic rings. The number of aromatic carboxylic acids is 1. The molecule has 6 nitrogen and oxygen atoms in total. The van der Waals surface area contributed by atoms with Gasteiger partial charge in [0.25, 0.3) is 0 Å². The molecule has 0 unspecified atom stereocenters. The first kappa shape index (κ1) is 15.5. The fourth-order valence-corrected chi connectivity index (χ4v) is 2.35. The van der Waals surface area contributed by atoms with E-state index in [2.05, 4.69) is 26.2 Å². The molecule has 7 heteroatoms. The third-order valence-corrected chi connectivity index (χ3v) is 3.39. The molecule has 0 fully saturated rings. The molecule has 0 aliphatic heterocycles. The minimum absolute atomic E-state index is 0.0271. The van der Waals surface area contributed by atoms with E-state index in [0.29, 0.717) is 25.3 Å². The van der Waals surface area contributed by atoms with Crippen LogP contribution in [0.5, 0.6) is 5.75 Å². The molecular weight excluding hydrogens is 338 g/mol. The van der Waals surface area contributed by atoms with Gasteiger partial charge in [-0.1, -0.05) is 40.6 Å². The average Bonchev–Trinajstić information content (AvgIpc) is 2.83. The summed E-state index contributed by atoms with van der Waals surface area (Å²) in [5.74, 6) is -0.294. The summed E-state index contributed by atoms with van der Waals surface area (Å²) in [6.45, 7) is 2.85. The monoisotopic (exact) mass is 353 g/mol. The standard InChI is InChI=1S/C14H16BrN3O3/c1-2-4-12-13(14(19)20)16-17-18(12)7-8-21-11-6-3-5-10(15)9-11/h3,5-6,9H,2,4,7-8H2,1H3,(H,19,20). The maximum absolute atomic E-state index is 11.1. The van der Waals surface area contributed by atoms with E-state index in [4.69, 9.17) is 9.84 Å². The normalized spacial score (nSPS) is 10.6. The fraction of sp³-hybridized carbons (Fsp3) is 0.357. The Labute approximate surface area is 130 Å². The summed E-state index contributed by atoms with van der Waals surface area (Å²) in [4.78, 5) is 11.1. The number of nitrogens with zero attached hydrogens (tertiary/aromatic N) is 3. The summed E-state index contributed by atoms with van der Waals surface area (Å²) in [5, 5.41) is 16.7. The molecule has 0 radical (unpaired) electrons. The molecule has 21 heavy (non-hydrogen) atoms. The van der Waals surface area contributed by atoms with E-state index >= 15 is 0 Å². The highest BCUT2D eigenvalue weighted by molar-refractivity contribution is 9.10. The van der Waals surface area contributed by atoms with Crippen LogP contribution in [0.25, 0.3) is 0 Å². The number of carboxylic acids is 1. The molecule has 0 atom stereocenters. The lowest BCUT2D eigenvalue weighted by Gasteiger charge is -2.08. The number of carbonyl (C=O) groups is 1. The van der Waals surface area contributed by atoms with Crippen molar-refractivity contribution in [3.63, 3.8) is 0 Å². The Balaban J connectivity index is 2.01. The first-order valence-electron chi connectivity index (χ1n) is 6.65. The van der Waals surface area contributed by atoms with Crippen LogP contribution in [0, 0.1) is 0 Å². The summed E-state index contributed by atoms with van der Waals surface area (Å²) in [6.07, 6.45) is 1.46. The summed E-state index contributed by atoms with van der Waals surface area (Å²) in [5.41, 5.74) is 0.669. The van der Waals surface area contributed by atoms with Crippen LogP contribution in [-0.2, 0) is 13.0 Å². The second-order valence-corrected chi connectivity index (χ2v) is 5.38. The lowest BCUT2D eigenvalue weighted by atomic mass is 10.2. The van der Waals surface area contributed by atoms with Crippen molar-refractivity contribution in [2.24, 2.45) is 0 Å². The van der Waals surface area contributed by atoms with Crippen molar-refractivity contribution in [2.45, 2.75) is 26.3 Å². The molecule has 0 saturated carbocycles. The summed E-state index contributed by atoms with van der Waals surface area (Å²) in [6, 6.07) is 7.54. The van der Waals surface area contributed by atoms with E-state index in [0.717, 1.165) is 16.6 Å². The SMILES string of the molecule is CCCc1c(C(=O)O)nnn1CCOc1cccc(Br)c1. The van der Waals surface area contributed by atoms with E-state index in [9.17, 15) is 4.79 Å². The Kier molecular flexibility index (Phi) is 5.32. The van der Waals surface area contributed by atoms with Crippen LogP contribution in [0.1, 0.15) is 29.5 Å². The molecule has 1 heterocycles. The Hall–Kier alpha value is -1.89. The summed E-state index contributed by atoms with van der Waals surface area (Å²) >= 11 is 3.38. The zero-order valence-corrected chi connectivity index (χ0v) is 13.2. The van der Waals surface area contributed by atoms with Gasteiger partial charge < -0.3 is 9.84 Å². The Morgan fingerprint density at radius 2 is 2.29 bits per heavy atom. The van der Waals surface area contributed by atoms with E-state index in [1.54, 1.807) is 4.68 Å². The van der Waals surface area contributed by atoms with Gasteiger partial charge in [-0.05, 0) is 24.6 Å². The Bertz CT molecular complexity index is 628. The minimum Gasteiger partial charge on any atom is -0.492 e. The molecule has 1 aromatic carbocycles. The molecule has 0 saturated heterocycles. The zero-order valence-electron chi connectivity index (χ0n) is 11.6. The highest BCUT2D eigenvalue weighted by Gasteiger charge is 2.17. The lowest BCUT2D eigenvalue weighted by molar-refractivity contribution is 0.0689. The van der Waals surface area contributed by atoms with E-state index in [-0.39, 0.29) is 5.69 Å². The number of rotatable bonds is 7. The molecule has 1 N–H and O–H groups in total. The number of hydrogen-bond acceptors (Lipinski definition) is 4. The summed E-state index contributed by atoms with van der Waals surface area (Å²) < 4.78 is 8.17. The second-order valence-electron chi connectivity index (χ2n) is 4.47. The van der Waals surface area contributed by atoms with Crippen LogP contribution in [0.4, 0.5) is 0 Å². The predicted molar refractivity (Wildman–Crippen MR) is 80.6 cm³/mol. The second kappa shape index (κ2) is 7.21. The van der Waals surface area contributed by atoms with Gasteiger partial charge in [0.15, 0.2) is 5.69 Å². The molecular formula is C14H16BrN3O3. The zero-order chi connectivity index (χ0) is 15.2. The van der Waals surface area contributed by atoms with Gasteiger partial charge in [-0.25, -0.2) is 9.48 Å². The van der Waals surface area contributed by atoms with Crippen LogP contribution in [0.3, 0.4) is 0 Å². The number of halogens is 1. The number of benzene rings is 1. The van der Waals surface area contributed by atoms with E-state index in [1.165, 1.54) is 0 Å². The molecule has 0 amide bonds. The van der Waals surface area contributed by atoms with E-state index in [1.807, 2.05) is 31.2 Å². The van der Waals surface area contributed by atoms with Gasteiger partial charge in [0.2, 0.25) is 0 Å². The Morgan fingerprint density at radius 1 is 1.48 bits per heavy atom. The van der Waals surface area contributed by atoms with Gasteiger partial charge >= 0.3 is 5.97 Å². The van der Waals surface area contributed by atoms with Crippen LogP contribution in [0.2, 0.25) is 0 Å². The first-order chi connectivity index (χ1) is 10.1. The van der Waals surface area contributed by atoms with Gasteiger partial charge in [-0.15, -0.1) is 5.10 Å². The van der Waals surface area contributed by atoms with Crippen LogP contribution in [0.15, 0.2) is 28.7 Å². The molecule has 0 spiro atoms. The number of ether oxygens (including phenoxy) is 1.